The van der Waals surface area contributed by atoms with E-state index in [1.165, 1.54) is 12.2 Å². The predicted molar refractivity (Wildman–Crippen MR) is 175 cm³/mol. The van der Waals surface area contributed by atoms with Gasteiger partial charge in [-0.15, -0.1) is 0 Å². The van der Waals surface area contributed by atoms with Crippen molar-refractivity contribution in [3.63, 3.8) is 0 Å². The summed E-state index contributed by atoms with van der Waals surface area (Å²) in [5, 5.41) is 12.1. The van der Waals surface area contributed by atoms with Gasteiger partial charge >= 0.3 is 5.97 Å². The number of hydrogen-bond donors (Lipinski definition) is 2. The maximum absolute atomic E-state index is 13.3. The van der Waals surface area contributed by atoms with Crippen molar-refractivity contribution in [2.45, 2.75) is 65.3 Å². The van der Waals surface area contributed by atoms with E-state index in [0.717, 1.165) is 42.0 Å². The number of carboxylic acid groups (broad SMARTS) is 1. The van der Waals surface area contributed by atoms with E-state index in [1.54, 1.807) is 19.1 Å². The minimum absolute atomic E-state index is 0.0723. The van der Waals surface area contributed by atoms with E-state index in [0.29, 0.717) is 30.3 Å². The first kappa shape index (κ1) is 35.5. The van der Waals surface area contributed by atoms with Crippen LogP contribution < -0.4 is 10.1 Å². The summed E-state index contributed by atoms with van der Waals surface area (Å²) in [6, 6.07) is 16.7. The molecule has 0 aromatic heterocycles. The number of nitrogens with one attached hydrogen (secondary N) is 1. The molecule has 2 aromatic rings. The average Bonchev–Trinajstić information content (AvgIpc) is 3.27. The molecular weight excluding hydrogens is 557 g/mol. The fraction of sp³-hybridized carbons (Fsp3) is 0.297. The molecule has 3 rings (SSSR count). The van der Waals surface area contributed by atoms with Crippen LogP contribution in [0.2, 0.25) is 0 Å². The van der Waals surface area contributed by atoms with Gasteiger partial charge in [0.15, 0.2) is 0 Å². The lowest BCUT2D eigenvalue weighted by molar-refractivity contribution is -0.137. The van der Waals surface area contributed by atoms with Gasteiger partial charge in [-0.2, -0.15) is 0 Å². The first-order chi connectivity index (χ1) is 21.3. The van der Waals surface area contributed by atoms with Gasteiger partial charge in [0, 0.05) is 6.42 Å². The predicted octanol–water partition coefficient (Wildman–Crippen LogP) is 8.87. The van der Waals surface area contributed by atoms with Gasteiger partial charge in [-0.05, 0) is 104 Å². The van der Waals surface area contributed by atoms with Crippen LogP contribution in [-0.4, -0.2) is 23.6 Å². The van der Waals surface area contributed by atoms with Crippen molar-refractivity contribution in [2.75, 3.05) is 6.61 Å². The summed E-state index contributed by atoms with van der Waals surface area (Å²) in [6.07, 6.45) is 14.7. The molecule has 6 nitrogen and oxygen atoms in total. The summed E-state index contributed by atoms with van der Waals surface area (Å²) in [6.45, 7) is 9.53. The number of allylic oxidation sites excluding steroid dienone is 8. The van der Waals surface area contributed by atoms with E-state index in [9.17, 15) is 19.1 Å². The van der Waals surface area contributed by atoms with Crippen LogP contribution in [0.25, 0.3) is 0 Å². The Morgan fingerprint density at radius 3 is 2.50 bits per heavy atom. The summed E-state index contributed by atoms with van der Waals surface area (Å²) in [4.78, 5) is 23.8. The summed E-state index contributed by atoms with van der Waals surface area (Å²) in [5.74, 6) is 0.270. The van der Waals surface area contributed by atoms with Gasteiger partial charge in [0.25, 0.3) is 0 Å². The third-order valence-electron chi connectivity index (χ3n) is 6.48. The van der Waals surface area contributed by atoms with Crippen molar-refractivity contribution in [3.8, 4) is 5.75 Å². The highest BCUT2D eigenvalue weighted by atomic mass is 19.1. The number of aliphatic carboxylic acids is 1. The van der Waals surface area contributed by atoms with E-state index in [4.69, 9.17) is 9.47 Å². The summed E-state index contributed by atoms with van der Waals surface area (Å²) >= 11 is 0. The van der Waals surface area contributed by atoms with Crippen molar-refractivity contribution in [1.29, 1.82) is 0 Å². The monoisotopic (exact) mass is 601 g/mol. The van der Waals surface area contributed by atoms with Crippen LogP contribution in [0.3, 0.4) is 0 Å². The smallest absolute Gasteiger partial charge is 0.303 e. The number of carboxylic acids is 1. The van der Waals surface area contributed by atoms with Gasteiger partial charge in [-0.25, -0.2) is 4.39 Å². The van der Waals surface area contributed by atoms with Crippen molar-refractivity contribution in [1.82, 2.24) is 5.32 Å². The van der Waals surface area contributed by atoms with Gasteiger partial charge in [0.1, 0.15) is 29.7 Å². The van der Waals surface area contributed by atoms with Crippen molar-refractivity contribution < 1.29 is 28.6 Å². The first-order valence-corrected chi connectivity index (χ1v) is 15.0. The summed E-state index contributed by atoms with van der Waals surface area (Å²) in [7, 11) is 0. The molecule has 1 amide bonds. The lowest BCUT2D eigenvalue weighted by Gasteiger charge is -2.18. The zero-order valence-corrected chi connectivity index (χ0v) is 25.9. The Kier molecular flexibility index (Phi) is 16.4. The number of hydrogen-bond acceptors (Lipinski definition) is 4. The van der Waals surface area contributed by atoms with Crippen LogP contribution in [0.4, 0.5) is 4.39 Å². The highest BCUT2D eigenvalue weighted by molar-refractivity contribution is 5.87. The Morgan fingerprint density at radius 2 is 1.82 bits per heavy atom. The number of carbonyl (C=O) groups is 2. The second-order valence-electron chi connectivity index (χ2n) is 9.88. The Morgan fingerprint density at radius 1 is 1.09 bits per heavy atom. The maximum atomic E-state index is 13.3. The molecule has 1 aliphatic carbocycles. The molecule has 2 N–H and O–H groups in total. The summed E-state index contributed by atoms with van der Waals surface area (Å²) < 4.78 is 25.2. The number of ether oxygens (including phenoxy) is 2. The molecule has 0 bridgehead atoms. The molecule has 7 heteroatoms. The van der Waals surface area contributed by atoms with Crippen LogP contribution in [0.15, 0.2) is 127 Å². The molecule has 1 atom stereocenters. The van der Waals surface area contributed by atoms with E-state index < -0.39 is 17.8 Å². The third kappa shape index (κ3) is 14.0. The topological polar surface area (TPSA) is 84.9 Å². The van der Waals surface area contributed by atoms with Crippen molar-refractivity contribution in [2.24, 2.45) is 0 Å². The number of carbonyl (C=O) groups excluding carboxylic acids is 1. The van der Waals surface area contributed by atoms with E-state index >= 15 is 0 Å². The van der Waals surface area contributed by atoms with Gasteiger partial charge in [-0.1, -0.05) is 69.0 Å². The van der Waals surface area contributed by atoms with Crippen LogP contribution >= 0.6 is 0 Å². The minimum atomic E-state index is -0.922. The lowest BCUT2D eigenvalue weighted by Crippen LogP contribution is -2.27. The van der Waals surface area contributed by atoms with Crippen LogP contribution in [-0.2, 0) is 20.7 Å². The Balaban J connectivity index is 0.00000330. The van der Waals surface area contributed by atoms with Gasteiger partial charge in [0.05, 0.1) is 6.04 Å². The minimum Gasteiger partial charge on any atom is -0.489 e. The lowest BCUT2D eigenvalue weighted by atomic mass is 10.0. The number of halogens is 1. The number of rotatable bonds is 15. The van der Waals surface area contributed by atoms with E-state index in [2.05, 4.69) is 11.9 Å². The highest BCUT2D eigenvalue weighted by Gasteiger charge is 2.16. The Bertz CT molecular complexity index is 1350. The van der Waals surface area contributed by atoms with E-state index in [1.807, 2.05) is 80.6 Å². The molecule has 0 spiro atoms. The summed E-state index contributed by atoms with van der Waals surface area (Å²) in [5.41, 5.74) is 2.96. The highest BCUT2D eigenvalue weighted by Crippen LogP contribution is 2.24. The molecule has 2 aromatic carbocycles. The van der Waals surface area contributed by atoms with Gasteiger partial charge < -0.3 is 19.9 Å². The molecule has 0 heterocycles. The zero-order chi connectivity index (χ0) is 32.2. The fourth-order valence-corrected chi connectivity index (χ4v) is 4.27. The van der Waals surface area contributed by atoms with Crippen LogP contribution in [0.5, 0.6) is 5.75 Å². The SMILES string of the molecule is C=C/C(F)=C\C=C(/C)OC1=CCCCC(COc2ccc(C(CCC(=O)O)NC(=O)/C=C/Cc3ccccc3)cc2)=C1.CC. The van der Waals surface area contributed by atoms with Gasteiger partial charge in [-0.3, -0.25) is 9.59 Å². The molecule has 0 saturated heterocycles. The number of benzene rings is 2. The largest absolute Gasteiger partial charge is 0.489 e. The first-order valence-electron chi connectivity index (χ1n) is 15.0. The molecule has 44 heavy (non-hydrogen) atoms. The fourth-order valence-electron chi connectivity index (χ4n) is 4.27. The molecular formula is C37H44FNO5. The molecule has 1 aliphatic rings. The standard InChI is InChI=1S/C35H38FNO5.C2H6/c1-3-30(36)19-16-26(2)42-32-14-8-7-12-28(24-32)25-41-31-20-17-29(18-21-31)33(22-23-35(39)40)37-34(38)15-9-13-27-10-5-4-6-11-27;1-2/h3-6,9-11,14-21,24,33H,1,7-8,12-13,22-23,25H2,2H3,(H,37,38)(H,39,40);1-2H3/b15-9+,26-16+,30-19+;. The van der Waals surface area contributed by atoms with Crippen molar-refractivity contribution >= 4 is 11.9 Å². The number of amides is 1. The molecule has 0 aliphatic heterocycles. The average molecular weight is 602 g/mol. The molecule has 1 unspecified atom stereocenters. The molecule has 0 saturated carbocycles. The second-order valence-corrected chi connectivity index (χ2v) is 9.88. The van der Waals surface area contributed by atoms with Crippen LogP contribution in [0, 0.1) is 0 Å². The van der Waals surface area contributed by atoms with Gasteiger partial charge in [0.2, 0.25) is 5.91 Å². The second kappa shape index (κ2) is 20.3. The Labute approximate surface area is 261 Å². The quantitative estimate of drug-likeness (QED) is 0.121. The molecule has 0 radical (unpaired) electrons. The normalized spacial score (nSPS) is 14.3. The van der Waals surface area contributed by atoms with E-state index in [-0.39, 0.29) is 18.7 Å². The third-order valence-corrected chi connectivity index (χ3v) is 6.48. The molecule has 234 valence electrons. The van der Waals surface area contributed by atoms with Crippen molar-refractivity contribution in [3.05, 3.63) is 138 Å². The maximum Gasteiger partial charge on any atom is 0.303 e. The Hall–Kier alpha value is -4.65. The van der Waals surface area contributed by atoms with Crippen LogP contribution in [0.1, 0.15) is 70.0 Å². The molecule has 0 fully saturated rings. The zero-order valence-electron chi connectivity index (χ0n) is 25.9.